The van der Waals surface area contributed by atoms with Crippen LogP contribution in [0.3, 0.4) is 0 Å². The van der Waals surface area contributed by atoms with Gasteiger partial charge in [-0.1, -0.05) is 0 Å². The number of benzene rings is 1. The zero-order chi connectivity index (χ0) is 16.4. The number of rotatable bonds is 3. The fourth-order valence-corrected chi connectivity index (χ4v) is 3.03. The number of aromatic nitrogens is 2. The predicted molar refractivity (Wildman–Crippen MR) is 86.2 cm³/mol. The lowest BCUT2D eigenvalue weighted by atomic mass is 10.0. The highest BCUT2D eigenvalue weighted by Gasteiger charge is 2.26. The number of nitrogens with one attached hydrogen (secondary N) is 1. The average Bonchev–Trinajstić information content (AvgIpc) is 2.96. The van der Waals surface area contributed by atoms with E-state index in [9.17, 15) is 9.18 Å². The molecule has 23 heavy (non-hydrogen) atoms. The molecule has 0 bridgehead atoms. The maximum Gasteiger partial charge on any atom is 0.257 e. The first-order valence-corrected chi connectivity index (χ1v) is 7.87. The number of carbonyl (C=O) groups excluding carboxylic acids is 1. The van der Waals surface area contributed by atoms with Gasteiger partial charge in [0, 0.05) is 19.1 Å². The molecule has 0 spiro atoms. The third-order valence-electron chi connectivity index (χ3n) is 4.43. The zero-order valence-corrected chi connectivity index (χ0v) is 13.4. The minimum atomic E-state index is -0.290. The Balaban J connectivity index is 1.83. The molecule has 1 aliphatic rings. The maximum atomic E-state index is 13.1. The molecule has 1 aliphatic heterocycles. The molecule has 122 valence electrons. The van der Waals surface area contributed by atoms with E-state index in [0.29, 0.717) is 11.6 Å². The minimum Gasteiger partial charge on any atom is -0.337 e. The van der Waals surface area contributed by atoms with Gasteiger partial charge in [-0.15, -0.1) is 0 Å². The SMILES string of the molecule is CNC1CCCN(C(=O)c2cnn(-c3ccc(F)cc3)c2C)C1. The van der Waals surface area contributed by atoms with E-state index in [-0.39, 0.29) is 11.7 Å². The van der Waals surface area contributed by atoms with Gasteiger partial charge in [0.15, 0.2) is 0 Å². The van der Waals surface area contributed by atoms with Crippen LogP contribution in [0.4, 0.5) is 4.39 Å². The van der Waals surface area contributed by atoms with E-state index >= 15 is 0 Å². The van der Waals surface area contributed by atoms with Crippen LogP contribution in [0.15, 0.2) is 30.5 Å². The number of halogens is 1. The molecule has 1 amide bonds. The first-order chi connectivity index (χ1) is 11.1. The molecule has 1 atom stereocenters. The molecular weight excluding hydrogens is 295 g/mol. The summed E-state index contributed by atoms with van der Waals surface area (Å²) in [5, 5.41) is 7.54. The average molecular weight is 316 g/mol. The van der Waals surface area contributed by atoms with Gasteiger partial charge < -0.3 is 10.2 Å². The van der Waals surface area contributed by atoms with Gasteiger partial charge in [-0.25, -0.2) is 9.07 Å². The van der Waals surface area contributed by atoms with Crippen molar-refractivity contribution in [2.45, 2.75) is 25.8 Å². The summed E-state index contributed by atoms with van der Waals surface area (Å²) in [7, 11) is 1.93. The van der Waals surface area contributed by atoms with E-state index in [1.54, 1.807) is 23.0 Å². The van der Waals surface area contributed by atoms with Crippen molar-refractivity contribution in [1.29, 1.82) is 0 Å². The van der Waals surface area contributed by atoms with Crippen molar-refractivity contribution in [2.75, 3.05) is 20.1 Å². The highest BCUT2D eigenvalue weighted by Crippen LogP contribution is 2.19. The van der Waals surface area contributed by atoms with Crippen LogP contribution in [0.1, 0.15) is 28.9 Å². The molecule has 1 fully saturated rings. The fourth-order valence-electron chi connectivity index (χ4n) is 3.03. The van der Waals surface area contributed by atoms with Crippen LogP contribution in [-0.4, -0.2) is 46.8 Å². The minimum absolute atomic E-state index is 0.0100. The summed E-state index contributed by atoms with van der Waals surface area (Å²) in [6.45, 7) is 3.36. The van der Waals surface area contributed by atoms with Gasteiger partial charge in [-0.05, 0) is 51.1 Å². The van der Waals surface area contributed by atoms with Crippen LogP contribution >= 0.6 is 0 Å². The van der Waals surface area contributed by atoms with Crippen molar-refractivity contribution in [3.63, 3.8) is 0 Å². The van der Waals surface area contributed by atoms with E-state index in [4.69, 9.17) is 0 Å². The summed E-state index contributed by atoms with van der Waals surface area (Å²) in [5.41, 5.74) is 2.12. The van der Waals surface area contributed by atoms with Crippen LogP contribution in [0.2, 0.25) is 0 Å². The third-order valence-corrected chi connectivity index (χ3v) is 4.43. The molecule has 5 nitrogen and oxygen atoms in total. The van der Waals surface area contributed by atoms with Gasteiger partial charge in [0.05, 0.1) is 23.1 Å². The summed E-state index contributed by atoms with van der Waals surface area (Å²) >= 11 is 0. The molecule has 6 heteroatoms. The number of piperidine rings is 1. The van der Waals surface area contributed by atoms with E-state index in [1.165, 1.54) is 12.1 Å². The lowest BCUT2D eigenvalue weighted by Gasteiger charge is -2.32. The molecule has 0 aliphatic carbocycles. The van der Waals surface area contributed by atoms with Crippen LogP contribution < -0.4 is 5.32 Å². The quantitative estimate of drug-likeness (QED) is 0.944. The number of nitrogens with zero attached hydrogens (tertiary/aromatic N) is 3. The Kier molecular flexibility index (Phi) is 4.43. The zero-order valence-electron chi connectivity index (χ0n) is 13.4. The summed E-state index contributed by atoms with van der Waals surface area (Å²) < 4.78 is 14.7. The summed E-state index contributed by atoms with van der Waals surface area (Å²) in [5.74, 6) is -0.280. The molecule has 2 heterocycles. The van der Waals surface area contributed by atoms with Gasteiger partial charge in [0.25, 0.3) is 5.91 Å². The molecule has 0 radical (unpaired) electrons. The molecule has 1 saturated heterocycles. The van der Waals surface area contributed by atoms with Crippen molar-refractivity contribution in [1.82, 2.24) is 20.0 Å². The number of hydrogen-bond donors (Lipinski definition) is 1. The summed E-state index contributed by atoms with van der Waals surface area (Å²) in [4.78, 5) is 14.6. The molecule has 1 aromatic heterocycles. The first kappa shape index (κ1) is 15.7. The highest BCUT2D eigenvalue weighted by atomic mass is 19.1. The van der Waals surface area contributed by atoms with Crippen LogP contribution in [0, 0.1) is 12.7 Å². The van der Waals surface area contributed by atoms with E-state index < -0.39 is 0 Å². The van der Waals surface area contributed by atoms with Crippen LogP contribution in [0.5, 0.6) is 0 Å². The molecule has 1 N–H and O–H groups in total. The van der Waals surface area contributed by atoms with Crippen molar-refractivity contribution >= 4 is 5.91 Å². The van der Waals surface area contributed by atoms with Crippen molar-refractivity contribution in [2.24, 2.45) is 0 Å². The molecule has 1 aromatic carbocycles. The number of likely N-dealkylation sites (N-methyl/N-ethyl adjacent to an activating group) is 1. The molecular formula is C17H21FN4O. The number of likely N-dealkylation sites (tertiary alicyclic amines) is 1. The predicted octanol–water partition coefficient (Wildman–Crippen LogP) is 2.14. The first-order valence-electron chi connectivity index (χ1n) is 7.87. The Hall–Kier alpha value is -2.21. The number of carbonyl (C=O) groups is 1. The lowest BCUT2D eigenvalue weighted by Crippen LogP contribution is -2.47. The van der Waals surface area contributed by atoms with Gasteiger partial charge in [-0.3, -0.25) is 4.79 Å². The third kappa shape index (κ3) is 3.12. The Morgan fingerprint density at radius 2 is 2.09 bits per heavy atom. The Morgan fingerprint density at radius 3 is 2.78 bits per heavy atom. The maximum absolute atomic E-state index is 13.1. The highest BCUT2D eigenvalue weighted by molar-refractivity contribution is 5.95. The number of amides is 1. The van der Waals surface area contributed by atoms with Crippen molar-refractivity contribution in [3.8, 4) is 5.69 Å². The Bertz CT molecular complexity index is 695. The fraction of sp³-hybridized carbons (Fsp3) is 0.412. The van der Waals surface area contributed by atoms with Gasteiger partial charge in [0.2, 0.25) is 0 Å². The van der Waals surface area contributed by atoms with E-state index in [2.05, 4.69) is 10.4 Å². The monoisotopic (exact) mass is 316 g/mol. The van der Waals surface area contributed by atoms with Crippen LogP contribution in [-0.2, 0) is 0 Å². The largest absolute Gasteiger partial charge is 0.337 e. The van der Waals surface area contributed by atoms with Crippen molar-refractivity contribution in [3.05, 3.63) is 47.5 Å². The topological polar surface area (TPSA) is 50.2 Å². The lowest BCUT2D eigenvalue weighted by molar-refractivity contribution is 0.0697. The molecule has 3 rings (SSSR count). The second-order valence-corrected chi connectivity index (χ2v) is 5.91. The second-order valence-electron chi connectivity index (χ2n) is 5.91. The number of hydrogen-bond acceptors (Lipinski definition) is 3. The van der Waals surface area contributed by atoms with Crippen molar-refractivity contribution < 1.29 is 9.18 Å². The normalized spacial score (nSPS) is 18.2. The van der Waals surface area contributed by atoms with Gasteiger partial charge >= 0.3 is 0 Å². The van der Waals surface area contributed by atoms with E-state index in [1.807, 2.05) is 18.9 Å². The van der Waals surface area contributed by atoms with Crippen LogP contribution in [0.25, 0.3) is 5.69 Å². The van der Waals surface area contributed by atoms with E-state index in [0.717, 1.165) is 37.3 Å². The second kappa shape index (κ2) is 6.50. The summed E-state index contributed by atoms with van der Waals surface area (Å²) in [6.07, 6.45) is 3.69. The Labute approximate surface area is 135 Å². The Morgan fingerprint density at radius 1 is 1.35 bits per heavy atom. The molecule has 2 aromatic rings. The molecule has 0 saturated carbocycles. The van der Waals surface area contributed by atoms with Gasteiger partial charge in [-0.2, -0.15) is 5.10 Å². The smallest absolute Gasteiger partial charge is 0.257 e. The molecule has 1 unspecified atom stereocenters. The van der Waals surface area contributed by atoms with Gasteiger partial charge in [0.1, 0.15) is 5.82 Å². The standard InChI is InChI=1S/C17H21FN4O/c1-12-16(17(23)21-9-3-4-14(11-21)19-2)10-20-22(12)15-7-5-13(18)6-8-15/h5-8,10,14,19H,3-4,9,11H2,1-2H3. The summed E-state index contributed by atoms with van der Waals surface area (Å²) in [6, 6.07) is 6.43.